The average Bonchev–Trinajstić information content (AvgIpc) is 2.71. The number of nitrogens with one attached hydrogen (secondary N) is 1. The number of carbonyl (C=O) groups excluding carboxylic acids is 2. The van der Waals surface area contributed by atoms with Gasteiger partial charge in [-0.25, -0.2) is 4.79 Å². The molecule has 1 atom stereocenters. The van der Waals surface area contributed by atoms with Crippen LogP contribution < -0.4 is 14.8 Å². The molecule has 3 heterocycles. The second kappa shape index (κ2) is 7.87. The molecule has 0 bridgehead atoms. The molecule has 0 radical (unpaired) electrons. The highest BCUT2D eigenvalue weighted by Gasteiger charge is 2.41. The van der Waals surface area contributed by atoms with Gasteiger partial charge in [-0.3, -0.25) is 4.79 Å². The summed E-state index contributed by atoms with van der Waals surface area (Å²) in [6.45, 7) is 3.01. The van der Waals surface area contributed by atoms with Crippen LogP contribution >= 0.6 is 0 Å². The fraction of sp³-hybridized carbons (Fsp3) is 0.600. The van der Waals surface area contributed by atoms with Gasteiger partial charge in [-0.15, -0.1) is 0 Å². The third-order valence-electron chi connectivity index (χ3n) is 5.72. The quantitative estimate of drug-likeness (QED) is 0.842. The Balaban J connectivity index is 1.19. The number of likely N-dealkylation sites (N-methyl/N-ethyl adjacent to an activating group) is 1. The SMILES string of the molecule is CN1CC2(CCN(C(=O)NCCC3COc4ccccc4O3)CC2)OCC1=O. The lowest BCUT2D eigenvalue weighted by atomic mass is 9.89. The molecule has 8 heteroatoms. The number of likely N-dealkylation sites (tertiary alicyclic amines) is 1. The van der Waals surface area contributed by atoms with E-state index in [0.29, 0.717) is 39.2 Å². The van der Waals surface area contributed by atoms with E-state index in [-0.39, 0.29) is 30.3 Å². The molecule has 1 unspecified atom stereocenters. The van der Waals surface area contributed by atoms with Crippen LogP contribution in [0.5, 0.6) is 11.5 Å². The smallest absolute Gasteiger partial charge is 0.317 e. The van der Waals surface area contributed by atoms with Crippen LogP contribution in [0.3, 0.4) is 0 Å². The van der Waals surface area contributed by atoms with Gasteiger partial charge in [-0.05, 0) is 25.0 Å². The van der Waals surface area contributed by atoms with E-state index >= 15 is 0 Å². The minimum atomic E-state index is -0.305. The van der Waals surface area contributed by atoms with E-state index in [4.69, 9.17) is 14.2 Å². The van der Waals surface area contributed by atoms with Crippen molar-refractivity contribution in [2.45, 2.75) is 31.0 Å². The Morgan fingerprint density at radius 2 is 2.00 bits per heavy atom. The molecular formula is C20H27N3O5. The van der Waals surface area contributed by atoms with E-state index in [0.717, 1.165) is 24.3 Å². The van der Waals surface area contributed by atoms with E-state index in [1.165, 1.54) is 0 Å². The number of fused-ring (bicyclic) bond motifs is 1. The van der Waals surface area contributed by atoms with Gasteiger partial charge in [-0.1, -0.05) is 12.1 Å². The Morgan fingerprint density at radius 3 is 2.75 bits per heavy atom. The molecule has 0 aliphatic carbocycles. The van der Waals surface area contributed by atoms with Crippen LogP contribution in [-0.2, 0) is 9.53 Å². The maximum Gasteiger partial charge on any atom is 0.317 e. The Bertz CT molecular complexity index is 732. The topological polar surface area (TPSA) is 80.3 Å². The fourth-order valence-corrected chi connectivity index (χ4v) is 3.97. The molecule has 2 fully saturated rings. The molecule has 1 aromatic carbocycles. The molecule has 4 rings (SSSR count). The number of urea groups is 1. The number of rotatable bonds is 3. The molecule has 1 N–H and O–H groups in total. The number of piperidine rings is 1. The molecule has 2 saturated heterocycles. The van der Waals surface area contributed by atoms with Crippen LogP contribution in [0.4, 0.5) is 4.79 Å². The van der Waals surface area contributed by atoms with Crippen LogP contribution in [0.2, 0.25) is 0 Å². The van der Waals surface area contributed by atoms with Crippen molar-refractivity contribution in [3.63, 3.8) is 0 Å². The van der Waals surface area contributed by atoms with Gasteiger partial charge in [0.05, 0.1) is 5.60 Å². The van der Waals surface area contributed by atoms with E-state index in [1.54, 1.807) is 11.9 Å². The highest BCUT2D eigenvalue weighted by Crippen LogP contribution is 2.32. The molecule has 3 aliphatic rings. The average molecular weight is 389 g/mol. The number of hydrogen-bond acceptors (Lipinski definition) is 5. The first-order valence-electron chi connectivity index (χ1n) is 9.84. The summed E-state index contributed by atoms with van der Waals surface area (Å²) in [7, 11) is 1.81. The molecule has 3 aliphatic heterocycles. The van der Waals surface area contributed by atoms with E-state index in [2.05, 4.69) is 5.32 Å². The van der Waals surface area contributed by atoms with Crippen LogP contribution in [0.1, 0.15) is 19.3 Å². The Labute approximate surface area is 164 Å². The number of ether oxygens (including phenoxy) is 3. The lowest BCUT2D eigenvalue weighted by Gasteiger charge is -2.46. The first kappa shape index (κ1) is 18.9. The highest BCUT2D eigenvalue weighted by molar-refractivity contribution is 5.78. The van der Waals surface area contributed by atoms with E-state index in [1.807, 2.05) is 29.2 Å². The number of morpholine rings is 1. The third-order valence-corrected chi connectivity index (χ3v) is 5.72. The van der Waals surface area contributed by atoms with Crippen molar-refractivity contribution in [2.75, 3.05) is 46.4 Å². The number of para-hydroxylation sites is 2. The lowest BCUT2D eigenvalue weighted by Crippen LogP contribution is -2.59. The predicted molar refractivity (Wildman–Crippen MR) is 101 cm³/mol. The third kappa shape index (κ3) is 4.01. The Hall–Kier alpha value is -2.48. The molecule has 152 valence electrons. The summed E-state index contributed by atoms with van der Waals surface area (Å²) in [5.74, 6) is 1.53. The fourth-order valence-electron chi connectivity index (χ4n) is 3.97. The minimum Gasteiger partial charge on any atom is -0.486 e. The second-order valence-corrected chi connectivity index (χ2v) is 7.73. The molecule has 1 aromatic rings. The first-order chi connectivity index (χ1) is 13.5. The second-order valence-electron chi connectivity index (χ2n) is 7.73. The largest absolute Gasteiger partial charge is 0.486 e. The molecule has 0 saturated carbocycles. The molecule has 8 nitrogen and oxygen atoms in total. The molecular weight excluding hydrogens is 362 g/mol. The number of carbonyl (C=O) groups is 2. The van der Waals surface area contributed by atoms with Crippen molar-refractivity contribution < 1.29 is 23.8 Å². The summed E-state index contributed by atoms with van der Waals surface area (Å²) in [5.41, 5.74) is -0.305. The van der Waals surface area contributed by atoms with Gasteiger partial charge in [0.15, 0.2) is 11.5 Å². The normalized spacial score (nSPS) is 23.6. The Morgan fingerprint density at radius 1 is 1.25 bits per heavy atom. The van der Waals surface area contributed by atoms with Gasteiger partial charge in [-0.2, -0.15) is 0 Å². The summed E-state index contributed by atoms with van der Waals surface area (Å²) >= 11 is 0. The summed E-state index contributed by atoms with van der Waals surface area (Å²) < 4.78 is 17.4. The maximum absolute atomic E-state index is 12.5. The van der Waals surface area contributed by atoms with Gasteiger partial charge in [0, 0.05) is 39.6 Å². The summed E-state index contributed by atoms with van der Waals surface area (Å²) in [6, 6.07) is 7.55. The zero-order valence-corrected chi connectivity index (χ0v) is 16.2. The van der Waals surface area contributed by atoms with Crippen molar-refractivity contribution >= 4 is 11.9 Å². The number of nitrogens with zero attached hydrogens (tertiary/aromatic N) is 2. The van der Waals surface area contributed by atoms with Gasteiger partial charge < -0.3 is 29.3 Å². The van der Waals surface area contributed by atoms with Gasteiger partial charge in [0.25, 0.3) is 0 Å². The molecule has 28 heavy (non-hydrogen) atoms. The molecule has 1 spiro atoms. The van der Waals surface area contributed by atoms with Gasteiger partial charge in [0.2, 0.25) is 5.91 Å². The summed E-state index contributed by atoms with van der Waals surface area (Å²) in [4.78, 5) is 27.6. The van der Waals surface area contributed by atoms with Crippen molar-refractivity contribution in [2.24, 2.45) is 0 Å². The monoisotopic (exact) mass is 389 g/mol. The highest BCUT2D eigenvalue weighted by atomic mass is 16.6. The Kier molecular flexibility index (Phi) is 5.30. The number of benzene rings is 1. The summed E-state index contributed by atoms with van der Waals surface area (Å²) in [6.07, 6.45) is 2.11. The van der Waals surface area contributed by atoms with Crippen molar-refractivity contribution in [1.82, 2.24) is 15.1 Å². The van der Waals surface area contributed by atoms with Gasteiger partial charge in [0.1, 0.15) is 19.3 Å². The van der Waals surface area contributed by atoms with Crippen LogP contribution in [0, 0.1) is 0 Å². The maximum atomic E-state index is 12.5. The van der Waals surface area contributed by atoms with Gasteiger partial charge >= 0.3 is 6.03 Å². The molecule has 0 aromatic heterocycles. The zero-order chi connectivity index (χ0) is 19.6. The van der Waals surface area contributed by atoms with Crippen molar-refractivity contribution in [1.29, 1.82) is 0 Å². The predicted octanol–water partition coefficient (Wildman–Crippen LogP) is 1.25. The zero-order valence-electron chi connectivity index (χ0n) is 16.2. The van der Waals surface area contributed by atoms with Crippen LogP contribution in [0.15, 0.2) is 24.3 Å². The number of hydrogen-bond donors (Lipinski definition) is 1. The van der Waals surface area contributed by atoms with E-state index in [9.17, 15) is 9.59 Å². The number of amides is 3. The van der Waals surface area contributed by atoms with Crippen LogP contribution in [0.25, 0.3) is 0 Å². The lowest BCUT2D eigenvalue weighted by molar-refractivity contribution is -0.167. The van der Waals surface area contributed by atoms with Crippen molar-refractivity contribution in [3.05, 3.63) is 24.3 Å². The molecule has 3 amide bonds. The minimum absolute atomic E-state index is 0.0160. The van der Waals surface area contributed by atoms with Crippen LogP contribution in [-0.4, -0.2) is 79.9 Å². The van der Waals surface area contributed by atoms with Crippen molar-refractivity contribution in [3.8, 4) is 11.5 Å². The van der Waals surface area contributed by atoms with E-state index < -0.39 is 0 Å². The first-order valence-corrected chi connectivity index (χ1v) is 9.84. The summed E-state index contributed by atoms with van der Waals surface area (Å²) in [5, 5.41) is 2.98. The standard InChI is InChI=1S/C20H27N3O5/c1-22-14-20(27-13-18(22)24)7-10-23(11-8-20)19(25)21-9-6-15-12-26-16-4-2-3-5-17(16)28-15/h2-5,15H,6-14H2,1H3,(H,21,25).